The van der Waals surface area contributed by atoms with Crippen LogP contribution in [0.15, 0.2) is 24.3 Å². The van der Waals surface area contributed by atoms with Crippen LogP contribution >= 0.6 is 0 Å². The fourth-order valence-electron chi connectivity index (χ4n) is 2.18. The summed E-state index contributed by atoms with van der Waals surface area (Å²) in [6, 6.07) is 9.10. The molecule has 1 fully saturated rings. The van der Waals surface area contributed by atoms with E-state index in [2.05, 4.69) is 43.4 Å². The van der Waals surface area contributed by atoms with Gasteiger partial charge in [-0.15, -0.1) is 0 Å². The quantitative estimate of drug-likeness (QED) is 0.684. The van der Waals surface area contributed by atoms with Crippen molar-refractivity contribution in [3.8, 4) is 0 Å². The van der Waals surface area contributed by atoms with Gasteiger partial charge in [-0.2, -0.15) is 0 Å². The Morgan fingerprint density at radius 1 is 1.21 bits per heavy atom. The van der Waals surface area contributed by atoms with Crippen molar-refractivity contribution in [1.82, 2.24) is 5.32 Å². The Labute approximate surface area is 117 Å². The maximum atomic E-state index is 5.56. The van der Waals surface area contributed by atoms with Gasteiger partial charge in [-0.25, -0.2) is 0 Å². The minimum Gasteiger partial charge on any atom is -0.381 e. The van der Waals surface area contributed by atoms with Crippen LogP contribution in [0, 0.1) is 5.92 Å². The second-order valence-corrected chi connectivity index (χ2v) is 6.01. The van der Waals surface area contributed by atoms with E-state index in [1.807, 2.05) is 0 Å². The van der Waals surface area contributed by atoms with Gasteiger partial charge in [0.05, 0.1) is 0 Å². The standard InChI is InChI=1S/C17H27NO/c1-14(2)13-19-11-3-10-18-12-15-4-6-16(7-5-15)17-8-9-17/h4-7,14,17-18H,3,8-13H2,1-2H3. The molecule has 0 amide bonds. The molecule has 1 aliphatic rings. The summed E-state index contributed by atoms with van der Waals surface area (Å²) in [5, 5.41) is 3.47. The topological polar surface area (TPSA) is 21.3 Å². The van der Waals surface area contributed by atoms with Crippen molar-refractivity contribution in [3.63, 3.8) is 0 Å². The third kappa shape index (κ3) is 5.75. The van der Waals surface area contributed by atoms with Crippen LogP contribution in [-0.2, 0) is 11.3 Å². The van der Waals surface area contributed by atoms with Crippen LogP contribution in [0.25, 0.3) is 0 Å². The highest BCUT2D eigenvalue weighted by molar-refractivity contribution is 5.27. The highest BCUT2D eigenvalue weighted by atomic mass is 16.5. The number of ether oxygens (including phenoxy) is 1. The van der Waals surface area contributed by atoms with Crippen LogP contribution in [0.5, 0.6) is 0 Å². The number of hydrogen-bond acceptors (Lipinski definition) is 2. The molecular weight excluding hydrogens is 234 g/mol. The molecule has 19 heavy (non-hydrogen) atoms. The molecule has 0 aromatic heterocycles. The number of rotatable bonds is 9. The summed E-state index contributed by atoms with van der Waals surface area (Å²) in [6.07, 6.45) is 3.86. The zero-order valence-electron chi connectivity index (χ0n) is 12.3. The largest absolute Gasteiger partial charge is 0.381 e. The lowest BCUT2D eigenvalue weighted by Gasteiger charge is -2.08. The summed E-state index contributed by atoms with van der Waals surface area (Å²) in [7, 11) is 0. The van der Waals surface area contributed by atoms with E-state index in [1.54, 1.807) is 0 Å². The maximum absolute atomic E-state index is 5.56. The van der Waals surface area contributed by atoms with Crippen LogP contribution in [0.3, 0.4) is 0 Å². The van der Waals surface area contributed by atoms with E-state index in [4.69, 9.17) is 4.74 Å². The van der Waals surface area contributed by atoms with Crippen molar-refractivity contribution < 1.29 is 4.74 Å². The van der Waals surface area contributed by atoms with Crippen molar-refractivity contribution in [3.05, 3.63) is 35.4 Å². The average Bonchev–Trinajstić information content (AvgIpc) is 3.22. The molecular formula is C17H27NO. The molecule has 0 radical (unpaired) electrons. The zero-order valence-corrected chi connectivity index (χ0v) is 12.3. The normalized spacial score (nSPS) is 15.1. The van der Waals surface area contributed by atoms with Crippen LogP contribution in [0.4, 0.5) is 0 Å². The third-order valence-electron chi connectivity index (χ3n) is 3.45. The van der Waals surface area contributed by atoms with Crippen molar-refractivity contribution >= 4 is 0 Å². The molecule has 2 heteroatoms. The van der Waals surface area contributed by atoms with E-state index in [0.717, 1.165) is 38.6 Å². The molecule has 1 aromatic carbocycles. The molecule has 0 saturated heterocycles. The predicted molar refractivity (Wildman–Crippen MR) is 80.4 cm³/mol. The molecule has 1 saturated carbocycles. The highest BCUT2D eigenvalue weighted by Crippen LogP contribution is 2.39. The second kappa shape index (κ2) is 7.66. The Balaban J connectivity index is 1.53. The lowest BCUT2D eigenvalue weighted by atomic mass is 10.1. The Kier molecular flexibility index (Phi) is 5.87. The van der Waals surface area contributed by atoms with Crippen LogP contribution < -0.4 is 5.32 Å². The Morgan fingerprint density at radius 3 is 2.58 bits per heavy atom. The van der Waals surface area contributed by atoms with Gasteiger partial charge in [0.1, 0.15) is 0 Å². The zero-order chi connectivity index (χ0) is 13.5. The summed E-state index contributed by atoms with van der Waals surface area (Å²) in [5.41, 5.74) is 2.90. The number of benzene rings is 1. The molecule has 2 rings (SSSR count). The van der Waals surface area contributed by atoms with E-state index in [1.165, 1.54) is 24.0 Å². The molecule has 0 unspecified atom stereocenters. The minimum atomic E-state index is 0.637. The Morgan fingerprint density at radius 2 is 1.95 bits per heavy atom. The first-order valence-corrected chi connectivity index (χ1v) is 7.63. The Hall–Kier alpha value is -0.860. The van der Waals surface area contributed by atoms with Gasteiger partial charge in [0, 0.05) is 19.8 Å². The van der Waals surface area contributed by atoms with Crippen molar-refractivity contribution in [2.24, 2.45) is 5.92 Å². The van der Waals surface area contributed by atoms with Gasteiger partial charge in [-0.1, -0.05) is 38.1 Å². The molecule has 2 nitrogen and oxygen atoms in total. The van der Waals surface area contributed by atoms with E-state index in [9.17, 15) is 0 Å². The molecule has 1 N–H and O–H groups in total. The summed E-state index contributed by atoms with van der Waals surface area (Å²) in [5.74, 6) is 1.50. The Bertz CT molecular complexity index is 354. The van der Waals surface area contributed by atoms with Crippen LogP contribution in [0.2, 0.25) is 0 Å². The molecule has 106 valence electrons. The summed E-state index contributed by atoms with van der Waals surface area (Å²) < 4.78 is 5.56. The van der Waals surface area contributed by atoms with E-state index < -0.39 is 0 Å². The molecule has 1 aliphatic carbocycles. The fourth-order valence-corrected chi connectivity index (χ4v) is 2.18. The lowest BCUT2D eigenvalue weighted by molar-refractivity contribution is 0.108. The minimum absolute atomic E-state index is 0.637. The first-order valence-electron chi connectivity index (χ1n) is 7.63. The lowest BCUT2D eigenvalue weighted by Crippen LogP contribution is -2.17. The van der Waals surface area contributed by atoms with Gasteiger partial charge >= 0.3 is 0 Å². The van der Waals surface area contributed by atoms with E-state index >= 15 is 0 Å². The van der Waals surface area contributed by atoms with Gasteiger partial charge in [-0.05, 0) is 48.8 Å². The third-order valence-corrected chi connectivity index (χ3v) is 3.45. The van der Waals surface area contributed by atoms with E-state index in [-0.39, 0.29) is 0 Å². The number of hydrogen-bond donors (Lipinski definition) is 1. The van der Waals surface area contributed by atoms with Gasteiger partial charge in [0.25, 0.3) is 0 Å². The van der Waals surface area contributed by atoms with E-state index in [0.29, 0.717) is 5.92 Å². The van der Waals surface area contributed by atoms with Crippen LogP contribution in [0.1, 0.15) is 50.2 Å². The van der Waals surface area contributed by atoms with Gasteiger partial charge in [0.15, 0.2) is 0 Å². The van der Waals surface area contributed by atoms with Gasteiger partial charge in [-0.3, -0.25) is 0 Å². The monoisotopic (exact) mass is 261 g/mol. The molecule has 0 aliphatic heterocycles. The van der Waals surface area contributed by atoms with Gasteiger partial charge in [0.2, 0.25) is 0 Å². The summed E-state index contributed by atoms with van der Waals surface area (Å²) in [6.45, 7) is 8.11. The van der Waals surface area contributed by atoms with Gasteiger partial charge < -0.3 is 10.1 Å². The average molecular weight is 261 g/mol. The van der Waals surface area contributed by atoms with Crippen molar-refractivity contribution in [1.29, 1.82) is 0 Å². The highest BCUT2D eigenvalue weighted by Gasteiger charge is 2.22. The fraction of sp³-hybridized carbons (Fsp3) is 0.647. The summed E-state index contributed by atoms with van der Waals surface area (Å²) in [4.78, 5) is 0. The summed E-state index contributed by atoms with van der Waals surface area (Å²) >= 11 is 0. The SMILES string of the molecule is CC(C)COCCCNCc1ccc(C2CC2)cc1. The van der Waals surface area contributed by atoms with Crippen LogP contribution in [-0.4, -0.2) is 19.8 Å². The number of nitrogens with one attached hydrogen (secondary N) is 1. The molecule has 0 spiro atoms. The predicted octanol–water partition coefficient (Wildman–Crippen LogP) is 3.72. The second-order valence-electron chi connectivity index (χ2n) is 6.01. The first kappa shape index (κ1) is 14.5. The molecule has 0 bridgehead atoms. The smallest absolute Gasteiger partial charge is 0.0489 e. The molecule has 0 atom stereocenters. The molecule has 0 heterocycles. The maximum Gasteiger partial charge on any atom is 0.0489 e. The molecule has 1 aromatic rings. The van der Waals surface area contributed by atoms with Crippen molar-refractivity contribution in [2.75, 3.05) is 19.8 Å². The first-order chi connectivity index (χ1) is 9.25. The van der Waals surface area contributed by atoms with Crippen molar-refractivity contribution in [2.45, 2.75) is 45.6 Å².